The second-order valence-electron chi connectivity index (χ2n) is 7.48. The van der Waals surface area contributed by atoms with Crippen LogP contribution in [0.1, 0.15) is 19.3 Å². The number of ether oxygens (including phenoxy) is 1. The van der Waals surface area contributed by atoms with Crippen molar-refractivity contribution in [3.8, 4) is 0 Å². The van der Waals surface area contributed by atoms with Gasteiger partial charge >= 0.3 is 16.4 Å². The highest BCUT2D eigenvalue weighted by atomic mass is 32.3. The van der Waals surface area contributed by atoms with Gasteiger partial charge < -0.3 is 15.0 Å². The second-order valence-corrected chi connectivity index (χ2v) is 8.49. The number of hydroxylamine groups is 2. The molecule has 0 saturated carbocycles. The average Bonchev–Trinajstić information content (AvgIpc) is 3.22. The number of hydrogen-bond donors (Lipinski definition) is 4. The van der Waals surface area contributed by atoms with E-state index in [0.29, 0.717) is 11.5 Å². The largest absolute Gasteiger partial charge is 0.418 e. The van der Waals surface area contributed by atoms with E-state index in [1.54, 1.807) is 0 Å². The van der Waals surface area contributed by atoms with E-state index in [1.807, 2.05) is 0 Å². The number of hydrogen-bond acceptors (Lipinski definition) is 8. The van der Waals surface area contributed by atoms with Gasteiger partial charge in [0.1, 0.15) is 6.04 Å². The number of rotatable bonds is 4. The van der Waals surface area contributed by atoms with E-state index < -0.39 is 39.8 Å². The Kier molecular flexibility index (Phi) is 4.70. The standard InChI is InChI=1S/C14H21N5O8S/c20-11(8-2-1-3-15-8)16-17-12(21)9-4-14(6-26-7-14)10-5-18(9)13(22)19(10)27-28(23,24)25/h8-10,15H,1-7H2,(H,16,20)(H,17,21)(H,23,24,25). The minimum atomic E-state index is -4.91. The fourth-order valence-corrected chi connectivity index (χ4v) is 4.60. The van der Waals surface area contributed by atoms with Gasteiger partial charge in [0.05, 0.1) is 25.3 Å². The van der Waals surface area contributed by atoms with Gasteiger partial charge in [0.15, 0.2) is 0 Å². The summed E-state index contributed by atoms with van der Waals surface area (Å²) in [7, 11) is -4.91. The number of urea groups is 1. The minimum absolute atomic E-state index is 0.0356. The van der Waals surface area contributed by atoms with E-state index in [4.69, 9.17) is 9.29 Å². The number of nitrogens with zero attached hydrogens (tertiary/aromatic N) is 2. The number of nitrogens with one attached hydrogen (secondary N) is 3. The maximum Gasteiger partial charge on any atom is 0.418 e. The average molecular weight is 419 g/mol. The Bertz CT molecular complexity index is 794. The lowest BCUT2D eigenvalue weighted by molar-refractivity contribution is -0.193. The van der Waals surface area contributed by atoms with E-state index in [1.165, 1.54) is 0 Å². The molecule has 14 heteroatoms. The summed E-state index contributed by atoms with van der Waals surface area (Å²) in [5, 5.41) is 3.59. The molecule has 4 N–H and O–H groups in total. The molecule has 2 bridgehead atoms. The van der Waals surface area contributed by atoms with Crippen molar-refractivity contribution >= 4 is 28.2 Å². The molecule has 13 nitrogen and oxygen atoms in total. The van der Waals surface area contributed by atoms with Crippen molar-refractivity contribution in [3.63, 3.8) is 0 Å². The Morgan fingerprint density at radius 3 is 2.57 bits per heavy atom. The molecular weight excluding hydrogens is 398 g/mol. The van der Waals surface area contributed by atoms with Crippen LogP contribution in [0.5, 0.6) is 0 Å². The molecule has 156 valence electrons. The molecule has 4 saturated heterocycles. The van der Waals surface area contributed by atoms with Gasteiger partial charge in [-0.1, -0.05) is 0 Å². The number of carbonyl (C=O) groups is 3. The molecule has 4 aliphatic heterocycles. The van der Waals surface area contributed by atoms with Crippen LogP contribution in [0.3, 0.4) is 0 Å². The number of hydrazine groups is 1. The van der Waals surface area contributed by atoms with Gasteiger partial charge in [-0.2, -0.15) is 13.5 Å². The van der Waals surface area contributed by atoms with Gasteiger partial charge in [0.2, 0.25) is 0 Å². The molecule has 1 spiro atoms. The molecule has 3 unspecified atom stereocenters. The number of amides is 4. The lowest BCUT2D eigenvalue weighted by Crippen LogP contribution is -2.64. The third-order valence-electron chi connectivity index (χ3n) is 5.71. The Hall–Kier alpha value is -2.00. The van der Waals surface area contributed by atoms with Crippen LogP contribution in [0.4, 0.5) is 4.79 Å². The zero-order valence-electron chi connectivity index (χ0n) is 14.8. The van der Waals surface area contributed by atoms with Crippen LogP contribution in [0.2, 0.25) is 0 Å². The van der Waals surface area contributed by atoms with Gasteiger partial charge in [0.25, 0.3) is 11.8 Å². The Labute approximate surface area is 160 Å². The van der Waals surface area contributed by atoms with Gasteiger partial charge in [-0.15, -0.1) is 4.28 Å². The summed E-state index contributed by atoms with van der Waals surface area (Å²) in [4.78, 5) is 38.5. The Morgan fingerprint density at radius 2 is 2.00 bits per heavy atom. The summed E-state index contributed by atoms with van der Waals surface area (Å²) in [5.41, 5.74) is 4.02. The summed E-state index contributed by atoms with van der Waals surface area (Å²) in [5.74, 6) is -0.969. The smallest absolute Gasteiger partial charge is 0.380 e. The quantitative estimate of drug-likeness (QED) is 0.285. The first-order chi connectivity index (χ1) is 13.2. The maximum atomic E-state index is 12.7. The first-order valence-corrected chi connectivity index (χ1v) is 10.2. The maximum absolute atomic E-state index is 12.7. The van der Waals surface area contributed by atoms with E-state index in [2.05, 4.69) is 20.5 Å². The zero-order valence-corrected chi connectivity index (χ0v) is 15.6. The zero-order chi connectivity index (χ0) is 20.1. The molecule has 4 fully saturated rings. The van der Waals surface area contributed by atoms with Crippen molar-refractivity contribution in [2.75, 3.05) is 26.3 Å². The predicted molar refractivity (Wildman–Crippen MR) is 89.3 cm³/mol. The summed E-state index contributed by atoms with van der Waals surface area (Å²) >= 11 is 0. The predicted octanol–water partition coefficient (Wildman–Crippen LogP) is -2.48. The molecule has 28 heavy (non-hydrogen) atoms. The van der Waals surface area contributed by atoms with E-state index in [0.717, 1.165) is 17.9 Å². The van der Waals surface area contributed by atoms with Crippen molar-refractivity contribution < 1.29 is 36.4 Å². The van der Waals surface area contributed by atoms with E-state index in [-0.39, 0.29) is 38.1 Å². The molecule has 0 aromatic heterocycles. The molecule has 4 amide bonds. The molecule has 0 radical (unpaired) electrons. The van der Waals surface area contributed by atoms with Crippen LogP contribution < -0.4 is 16.2 Å². The monoisotopic (exact) mass is 419 g/mol. The SMILES string of the molecule is O=C(NNC(=O)C1CC2(COC2)C2CN1C(=O)N2OS(=O)(=O)O)C1CCCN1. The van der Waals surface area contributed by atoms with Crippen molar-refractivity contribution in [1.29, 1.82) is 0 Å². The number of piperidine rings is 1. The summed E-state index contributed by atoms with van der Waals surface area (Å²) in [6, 6.07) is -2.86. The van der Waals surface area contributed by atoms with Crippen molar-refractivity contribution in [1.82, 2.24) is 26.1 Å². The highest BCUT2D eigenvalue weighted by molar-refractivity contribution is 7.80. The first kappa shape index (κ1) is 19.3. The molecule has 0 aromatic carbocycles. The van der Waals surface area contributed by atoms with E-state index >= 15 is 0 Å². The van der Waals surface area contributed by atoms with Crippen molar-refractivity contribution in [2.24, 2.45) is 5.41 Å². The van der Waals surface area contributed by atoms with Crippen LogP contribution in [0.25, 0.3) is 0 Å². The molecule has 4 aliphatic rings. The van der Waals surface area contributed by atoms with Crippen LogP contribution >= 0.6 is 0 Å². The first-order valence-electron chi connectivity index (χ1n) is 8.88. The fraction of sp³-hybridized carbons (Fsp3) is 0.786. The molecule has 4 heterocycles. The number of carbonyl (C=O) groups excluding carboxylic acids is 3. The minimum Gasteiger partial charge on any atom is -0.380 e. The van der Waals surface area contributed by atoms with Gasteiger partial charge in [-0.3, -0.25) is 25.0 Å². The van der Waals surface area contributed by atoms with Crippen molar-refractivity contribution in [2.45, 2.75) is 37.4 Å². The lowest BCUT2D eigenvalue weighted by atomic mass is 9.71. The second kappa shape index (κ2) is 6.81. The lowest BCUT2D eigenvalue weighted by Gasteiger charge is -2.50. The fourth-order valence-electron chi connectivity index (χ4n) is 4.23. The molecule has 4 rings (SSSR count). The van der Waals surface area contributed by atoms with Crippen LogP contribution in [-0.2, 0) is 29.0 Å². The van der Waals surface area contributed by atoms with Crippen LogP contribution in [-0.4, -0.2) is 85.2 Å². The topological polar surface area (TPSA) is 167 Å². The third kappa shape index (κ3) is 3.30. The summed E-state index contributed by atoms with van der Waals surface area (Å²) < 4.78 is 40.9. The Balaban J connectivity index is 1.47. The molecule has 0 aromatic rings. The van der Waals surface area contributed by atoms with Gasteiger partial charge in [0, 0.05) is 12.0 Å². The Morgan fingerprint density at radius 1 is 1.29 bits per heavy atom. The van der Waals surface area contributed by atoms with Gasteiger partial charge in [-0.25, -0.2) is 4.79 Å². The molecule has 3 atom stereocenters. The van der Waals surface area contributed by atoms with Crippen LogP contribution in [0.15, 0.2) is 0 Å². The van der Waals surface area contributed by atoms with Crippen molar-refractivity contribution in [3.05, 3.63) is 0 Å². The highest BCUT2D eigenvalue weighted by Gasteiger charge is 2.63. The van der Waals surface area contributed by atoms with Crippen LogP contribution in [0, 0.1) is 5.41 Å². The van der Waals surface area contributed by atoms with Gasteiger partial charge in [-0.05, 0) is 25.8 Å². The highest BCUT2D eigenvalue weighted by Crippen LogP contribution is 2.47. The molecular formula is C14H21N5O8S. The van der Waals surface area contributed by atoms with E-state index in [9.17, 15) is 22.8 Å². The third-order valence-corrected chi connectivity index (χ3v) is 6.06. The number of fused-ring (bicyclic) bond motifs is 3. The summed E-state index contributed by atoms with van der Waals surface area (Å²) in [6.45, 7) is 1.19. The summed E-state index contributed by atoms with van der Waals surface area (Å²) in [6.07, 6.45) is 1.74. The normalized spacial score (nSPS) is 31.0. The molecule has 0 aliphatic carbocycles.